The van der Waals surface area contributed by atoms with Crippen molar-refractivity contribution in [2.45, 2.75) is 11.3 Å². The summed E-state index contributed by atoms with van der Waals surface area (Å²) in [5.41, 5.74) is 2.67. The lowest BCUT2D eigenvalue weighted by Gasteiger charge is -2.29. The minimum atomic E-state index is -0.207. The van der Waals surface area contributed by atoms with E-state index in [0.29, 0.717) is 16.5 Å². The summed E-state index contributed by atoms with van der Waals surface area (Å²) in [6.07, 6.45) is 2.52. The molecule has 0 saturated heterocycles. The first-order chi connectivity index (χ1) is 15.1. The fourth-order valence-corrected chi connectivity index (χ4v) is 4.58. The molecule has 1 heterocycles. The van der Waals surface area contributed by atoms with Crippen molar-refractivity contribution in [1.29, 1.82) is 0 Å². The van der Waals surface area contributed by atoms with Gasteiger partial charge in [-0.2, -0.15) is 0 Å². The highest BCUT2D eigenvalue weighted by atomic mass is 35.5. The van der Waals surface area contributed by atoms with Crippen LogP contribution in [-0.2, 0) is 16.0 Å². The van der Waals surface area contributed by atoms with Gasteiger partial charge in [0.05, 0.1) is 10.6 Å². The molecule has 1 aliphatic heterocycles. The zero-order valence-electron chi connectivity index (χ0n) is 16.8. The molecule has 156 valence electrons. The van der Waals surface area contributed by atoms with Crippen molar-refractivity contribution in [3.63, 3.8) is 0 Å². The summed E-state index contributed by atoms with van der Waals surface area (Å²) in [6, 6.07) is 25.0. The second-order valence-electron chi connectivity index (χ2n) is 7.08. The summed E-state index contributed by atoms with van der Waals surface area (Å²) in [5, 5.41) is 3.50. The second kappa shape index (κ2) is 9.86. The predicted molar refractivity (Wildman–Crippen MR) is 127 cm³/mol. The van der Waals surface area contributed by atoms with E-state index in [2.05, 4.69) is 5.32 Å². The molecule has 0 aromatic heterocycles. The van der Waals surface area contributed by atoms with Gasteiger partial charge in [-0.25, -0.2) is 0 Å². The minimum Gasteiger partial charge on any atom is -0.354 e. The summed E-state index contributed by atoms with van der Waals surface area (Å²) in [6.45, 7) is 0.481. The number of carbonyl (C=O) groups is 2. The molecular weight excluding hydrogens is 428 g/mol. The molecule has 1 aliphatic rings. The van der Waals surface area contributed by atoms with Gasteiger partial charge in [0.2, 0.25) is 5.91 Å². The summed E-state index contributed by atoms with van der Waals surface area (Å²) < 4.78 is 0. The van der Waals surface area contributed by atoms with Crippen LogP contribution in [0, 0.1) is 0 Å². The van der Waals surface area contributed by atoms with E-state index >= 15 is 0 Å². The number of rotatable bonds is 6. The lowest BCUT2D eigenvalue weighted by molar-refractivity contribution is -0.122. The van der Waals surface area contributed by atoms with Crippen LogP contribution in [0.1, 0.15) is 11.1 Å². The number of amides is 2. The Bertz CT molecular complexity index is 1130. The van der Waals surface area contributed by atoms with E-state index in [1.165, 1.54) is 16.7 Å². The third kappa shape index (κ3) is 5.19. The van der Waals surface area contributed by atoms with E-state index in [1.807, 2.05) is 72.8 Å². The van der Waals surface area contributed by atoms with Crippen LogP contribution in [0.2, 0.25) is 5.02 Å². The van der Waals surface area contributed by atoms with Crippen molar-refractivity contribution >= 4 is 46.9 Å². The highest BCUT2D eigenvalue weighted by Crippen LogP contribution is 2.42. The van der Waals surface area contributed by atoms with Gasteiger partial charge >= 0.3 is 0 Å². The van der Waals surface area contributed by atoms with Crippen LogP contribution < -0.4 is 10.2 Å². The molecule has 0 fully saturated rings. The fraction of sp³-hybridized carbons (Fsp3) is 0.120. The number of thioether (sulfide) groups is 1. The minimum absolute atomic E-state index is 0.0366. The Morgan fingerprint density at radius 2 is 1.68 bits per heavy atom. The van der Waals surface area contributed by atoms with Crippen LogP contribution in [0.4, 0.5) is 5.69 Å². The lowest BCUT2D eigenvalue weighted by Crippen LogP contribution is -2.43. The van der Waals surface area contributed by atoms with Gasteiger partial charge in [-0.1, -0.05) is 84.0 Å². The van der Waals surface area contributed by atoms with Crippen LogP contribution in [0.5, 0.6) is 0 Å². The van der Waals surface area contributed by atoms with Gasteiger partial charge in [0.15, 0.2) is 0 Å². The maximum atomic E-state index is 13.2. The maximum Gasteiger partial charge on any atom is 0.265 e. The molecule has 0 aliphatic carbocycles. The number of fused-ring (bicyclic) bond motifs is 1. The number of para-hydroxylation sites is 1. The first kappa shape index (κ1) is 21.2. The number of halogens is 1. The van der Waals surface area contributed by atoms with Gasteiger partial charge in [-0.15, -0.1) is 0 Å². The van der Waals surface area contributed by atoms with Crippen molar-refractivity contribution in [2.75, 3.05) is 18.0 Å². The quantitative estimate of drug-likeness (QED) is 0.528. The van der Waals surface area contributed by atoms with E-state index < -0.39 is 0 Å². The van der Waals surface area contributed by atoms with Crippen LogP contribution in [0.3, 0.4) is 0 Å². The van der Waals surface area contributed by atoms with Crippen LogP contribution in [-0.4, -0.2) is 24.9 Å². The smallest absolute Gasteiger partial charge is 0.265 e. The largest absolute Gasteiger partial charge is 0.354 e. The van der Waals surface area contributed by atoms with Crippen molar-refractivity contribution < 1.29 is 9.59 Å². The number of benzene rings is 3. The number of hydrogen-bond acceptors (Lipinski definition) is 3. The summed E-state index contributed by atoms with van der Waals surface area (Å²) in [4.78, 5) is 28.9. The number of nitrogens with zero attached hydrogens (tertiary/aromatic N) is 1. The van der Waals surface area contributed by atoms with Gasteiger partial charge in [0, 0.05) is 16.5 Å². The zero-order chi connectivity index (χ0) is 21.6. The topological polar surface area (TPSA) is 49.4 Å². The highest BCUT2D eigenvalue weighted by molar-refractivity contribution is 8.04. The molecule has 0 atom stereocenters. The van der Waals surface area contributed by atoms with Crippen LogP contribution in [0.15, 0.2) is 88.7 Å². The Morgan fingerprint density at radius 1 is 0.968 bits per heavy atom. The molecular formula is C25H21ClN2O2S. The van der Waals surface area contributed by atoms with Crippen LogP contribution >= 0.6 is 23.4 Å². The molecule has 31 heavy (non-hydrogen) atoms. The van der Waals surface area contributed by atoms with Gasteiger partial charge < -0.3 is 5.32 Å². The standard InChI is InChI=1S/C25H21ClN2O2S/c26-20-11-5-4-10-19(20)16-23-25(30)28(21-12-6-7-13-22(21)31-23)17-24(29)27-15-14-18-8-2-1-3-9-18/h1-13,16H,14-15,17H2,(H,27,29)/b23-16+. The number of nitrogens with one attached hydrogen (secondary N) is 1. The molecule has 0 unspecified atom stereocenters. The van der Waals surface area contributed by atoms with Crippen molar-refractivity contribution in [2.24, 2.45) is 0 Å². The Morgan fingerprint density at radius 3 is 2.48 bits per heavy atom. The monoisotopic (exact) mass is 448 g/mol. The van der Waals surface area contributed by atoms with Crippen molar-refractivity contribution in [1.82, 2.24) is 5.32 Å². The molecule has 6 heteroatoms. The highest BCUT2D eigenvalue weighted by Gasteiger charge is 2.30. The first-order valence-electron chi connectivity index (χ1n) is 9.97. The molecule has 3 aromatic rings. The molecule has 0 bridgehead atoms. The third-order valence-corrected chi connectivity index (χ3v) is 6.33. The number of hydrogen-bond donors (Lipinski definition) is 1. The Kier molecular flexibility index (Phi) is 6.75. The molecule has 4 rings (SSSR count). The first-order valence-corrected chi connectivity index (χ1v) is 11.2. The molecule has 2 amide bonds. The average Bonchev–Trinajstić information content (AvgIpc) is 2.79. The van der Waals surface area contributed by atoms with E-state index in [1.54, 1.807) is 12.1 Å². The molecule has 1 N–H and O–H groups in total. The predicted octanol–water partition coefficient (Wildman–Crippen LogP) is 5.18. The molecule has 0 saturated carbocycles. The average molecular weight is 449 g/mol. The lowest BCUT2D eigenvalue weighted by atomic mass is 10.1. The Labute approximate surface area is 190 Å². The number of anilines is 1. The van der Waals surface area contributed by atoms with Crippen molar-refractivity contribution in [3.05, 3.63) is 99.9 Å². The summed E-state index contributed by atoms with van der Waals surface area (Å²) >= 11 is 7.67. The fourth-order valence-electron chi connectivity index (χ4n) is 3.34. The Hall–Kier alpha value is -3.02. The van der Waals surface area contributed by atoms with Gasteiger partial charge in [0.1, 0.15) is 6.54 Å². The summed E-state index contributed by atoms with van der Waals surface area (Å²) in [5.74, 6) is -0.398. The second-order valence-corrected chi connectivity index (χ2v) is 8.57. The normalized spacial score (nSPS) is 14.4. The number of carbonyl (C=O) groups excluding carboxylic acids is 2. The summed E-state index contributed by atoms with van der Waals surface area (Å²) in [7, 11) is 0. The zero-order valence-corrected chi connectivity index (χ0v) is 18.3. The molecule has 0 spiro atoms. The van der Waals surface area contributed by atoms with E-state index in [0.717, 1.165) is 28.1 Å². The molecule has 4 nitrogen and oxygen atoms in total. The van der Waals surface area contributed by atoms with E-state index in [9.17, 15) is 9.59 Å². The van der Waals surface area contributed by atoms with Crippen molar-refractivity contribution in [3.8, 4) is 0 Å². The van der Waals surface area contributed by atoms with Gasteiger partial charge in [-0.05, 0) is 41.8 Å². The maximum absolute atomic E-state index is 13.2. The third-order valence-electron chi connectivity index (χ3n) is 4.90. The molecule has 3 aromatic carbocycles. The molecule has 0 radical (unpaired) electrons. The Balaban J connectivity index is 1.51. The van der Waals surface area contributed by atoms with Crippen LogP contribution in [0.25, 0.3) is 6.08 Å². The van der Waals surface area contributed by atoms with E-state index in [4.69, 9.17) is 11.6 Å². The SMILES string of the molecule is O=C(CN1C(=O)/C(=C\c2ccccc2Cl)Sc2ccccc21)NCCc1ccccc1. The van der Waals surface area contributed by atoms with E-state index in [-0.39, 0.29) is 18.4 Å². The van der Waals surface area contributed by atoms with Gasteiger partial charge in [-0.3, -0.25) is 14.5 Å². The van der Waals surface area contributed by atoms with Gasteiger partial charge in [0.25, 0.3) is 5.91 Å².